The van der Waals surface area contributed by atoms with Gasteiger partial charge in [0.2, 0.25) is 0 Å². The summed E-state index contributed by atoms with van der Waals surface area (Å²) >= 11 is 1.31. The third-order valence-electron chi connectivity index (χ3n) is 3.79. The summed E-state index contributed by atoms with van der Waals surface area (Å²) in [7, 11) is 3.12. The van der Waals surface area contributed by atoms with Crippen LogP contribution >= 0.6 is 11.3 Å². The molecular weight excluding hydrogens is 356 g/mol. The molecule has 140 valence electrons. The van der Waals surface area contributed by atoms with Gasteiger partial charge >= 0.3 is 5.97 Å². The molecule has 0 N–H and O–H groups in total. The van der Waals surface area contributed by atoms with E-state index in [1.165, 1.54) is 11.3 Å². The van der Waals surface area contributed by atoms with Gasteiger partial charge in [-0.2, -0.15) is 0 Å². The number of benzene rings is 1. The van der Waals surface area contributed by atoms with Gasteiger partial charge in [0.25, 0.3) is 5.91 Å². The fourth-order valence-corrected chi connectivity index (χ4v) is 3.12. The van der Waals surface area contributed by atoms with E-state index in [1.807, 2.05) is 19.9 Å². The number of carbonyl (C=O) groups is 2. The average molecular weight is 378 g/mol. The summed E-state index contributed by atoms with van der Waals surface area (Å²) in [5, 5.41) is 2.25. The maximum absolute atomic E-state index is 12.1. The van der Waals surface area contributed by atoms with Gasteiger partial charge in [0.1, 0.15) is 5.01 Å². The van der Waals surface area contributed by atoms with E-state index in [4.69, 9.17) is 14.2 Å². The summed E-state index contributed by atoms with van der Waals surface area (Å²) < 4.78 is 15.6. The van der Waals surface area contributed by atoms with Crippen molar-refractivity contribution in [3.8, 4) is 22.1 Å². The zero-order chi connectivity index (χ0) is 19.1. The Kier molecular flexibility index (Phi) is 6.97. The number of ether oxygens (including phenoxy) is 3. The van der Waals surface area contributed by atoms with Crippen molar-refractivity contribution in [2.75, 3.05) is 33.9 Å². The third-order valence-corrected chi connectivity index (χ3v) is 4.68. The number of rotatable bonds is 8. The van der Waals surface area contributed by atoms with Gasteiger partial charge in [-0.15, -0.1) is 11.3 Å². The predicted octanol–water partition coefficient (Wildman–Crippen LogP) is 2.85. The summed E-state index contributed by atoms with van der Waals surface area (Å²) in [5.74, 6) is 0.351. The highest BCUT2D eigenvalue weighted by atomic mass is 32.1. The van der Waals surface area contributed by atoms with Crippen LogP contribution in [0.1, 0.15) is 24.3 Å². The minimum atomic E-state index is -0.617. The van der Waals surface area contributed by atoms with Gasteiger partial charge in [0.15, 0.2) is 23.8 Å². The average Bonchev–Trinajstić information content (AvgIpc) is 3.16. The molecule has 0 radical (unpaired) electrons. The first kappa shape index (κ1) is 19.7. The van der Waals surface area contributed by atoms with Crippen LogP contribution in [0.15, 0.2) is 23.6 Å². The first-order valence-electron chi connectivity index (χ1n) is 8.16. The molecule has 0 fully saturated rings. The first-order chi connectivity index (χ1) is 12.5. The smallest absolute Gasteiger partial charge is 0.358 e. The highest BCUT2D eigenvalue weighted by molar-refractivity contribution is 7.13. The zero-order valence-electron chi connectivity index (χ0n) is 15.3. The lowest BCUT2D eigenvalue weighted by Crippen LogP contribution is -2.34. The second-order valence-corrected chi connectivity index (χ2v) is 6.11. The van der Waals surface area contributed by atoms with Crippen LogP contribution in [0.25, 0.3) is 10.6 Å². The summed E-state index contributed by atoms with van der Waals surface area (Å²) in [4.78, 5) is 29.9. The zero-order valence-corrected chi connectivity index (χ0v) is 16.1. The van der Waals surface area contributed by atoms with Crippen molar-refractivity contribution < 1.29 is 23.8 Å². The van der Waals surface area contributed by atoms with E-state index in [0.29, 0.717) is 29.6 Å². The first-order valence-corrected chi connectivity index (χ1v) is 9.04. The van der Waals surface area contributed by atoms with Crippen LogP contribution in [0.2, 0.25) is 0 Å². The van der Waals surface area contributed by atoms with E-state index in [-0.39, 0.29) is 18.2 Å². The van der Waals surface area contributed by atoms with Crippen molar-refractivity contribution in [3.05, 3.63) is 29.3 Å². The summed E-state index contributed by atoms with van der Waals surface area (Å²) in [6.07, 6.45) is 0. The third kappa shape index (κ3) is 4.51. The molecule has 0 bridgehead atoms. The van der Waals surface area contributed by atoms with Crippen LogP contribution < -0.4 is 9.47 Å². The van der Waals surface area contributed by atoms with Crippen molar-refractivity contribution >= 4 is 23.2 Å². The molecule has 2 rings (SSSR count). The number of esters is 1. The highest BCUT2D eigenvalue weighted by Gasteiger charge is 2.17. The molecule has 0 atom stereocenters. The number of amides is 1. The van der Waals surface area contributed by atoms with Gasteiger partial charge in [-0.3, -0.25) is 4.79 Å². The molecular formula is C18H22N2O5S. The van der Waals surface area contributed by atoms with Gasteiger partial charge in [0.05, 0.1) is 14.2 Å². The second-order valence-electron chi connectivity index (χ2n) is 5.25. The molecule has 8 heteroatoms. The largest absolute Gasteiger partial charge is 0.493 e. The number of nitrogens with zero attached hydrogens (tertiary/aromatic N) is 2. The molecule has 0 spiro atoms. The molecule has 0 saturated carbocycles. The van der Waals surface area contributed by atoms with Gasteiger partial charge < -0.3 is 19.1 Å². The van der Waals surface area contributed by atoms with Gasteiger partial charge in [-0.05, 0) is 32.0 Å². The number of hydrogen-bond donors (Lipinski definition) is 0. The van der Waals surface area contributed by atoms with Crippen molar-refractivity contribution in [2.24, 2.45) is 0 Å². The Morgan fingerprint density at radius 2 is 1.81 bits per heavy atom. The fourth-order valence-electron chi connectivity index (χ4n) is 2.34. The van der Waals surface area contributed by atoms with Crippen molar-refractivity contribution in [1.82, 2.24) is 9.88 Å². The molecule has 0 aliphatic carbocycles. The SMILES string of the molecule is CCN(CC)C(=O)COC(=O)c1csc(-c2ccc(OC)c(OC)c2)n1. The van der Waals surface area contributed by atoms with Crippen LogP contribution in [0, 0.1) is 0 Å². The van der Waals surface area contributed by atoms with E-state index >= 15 is 0 Å². The van der Waals surface area contributed by atoms with Gasteiger partial charge in [-0.1, -0.05) is 0 Å². The van der Waals surface area contributed by atoms with Crippen LogP contribution in [0.3, 0.4) is 0 Å². The molecule has 1 amide bonds. The Morgan fingerprint density at radius 3 is 2.42 bits per heavy atom. The van der Waals surface area contributed by atoms with Crippen LogP contribution in [0.4, 0.5) is 0 Å². The topological polar surface area (TPSA) is 78.0 Å². The van der Waals surface area contributed by atoms with E-state index in [2.05, 4.69) is 4.98 Å². The Balaban J connectivity index is 2.07. The van der Waals surface area contributed by atoms with Gasteiger partial charge in [-0.25, -0.2) is 9.78 Å². The molecule has 0 aliphatic heterocycles. The predicted molar refractivity (Wildman–Crippen MR) is 98.9 cm³/mol. The second kappa shape index (κ2) is 9.19. The highest BCUT2D eigenvalue weighted by Crippen LogP contribution is 2.33. The quantitative estimate of drug-likeness (QED) is 0.658. The summed E-state index contributed by atoms with van der Waals surface area (Å²) in [5.41, 5.74) is 0.970. The lowest BCUT2D eigenvalue weighted by Gasteiger charge is -2.17. The van der Waals surface area contributed by atoms with Crippen molar-refractivity contribution in [2.45, 2.75) is 13.8 Å². The molecule has 0 saturated heterocycles. The van der Waals surface area contributed by atoms with E-state index in [0.717, 1.165) is 5.56 Å². The van der Waals surface area contributed by atoms with Crippen LogP contribution in [0.5, 0.6) is 11.5 Å². The van der Waals surface area contributed by atoms with Crippen LogP contribution in [-0.2, 0) is 9.53 Å². The minimum absolute atomic E-state index is 0.173. The van der Waals surface area contributed by atoms with E-state index in [9.17, 15) is 9.59 Å². The summed E-state index contributed by atoms with van der Waals surface area (Å²) in [6.45, 7) is 4.61. The standard InChI is InChI=1S/C18H22N2O5S/c1-5-20(6-2)16(21)10-25-18(22)13-11-26-17(19-13)12-7-8-14(23-3)15(9-12)24-4/h7-9,11H,5-6,10H2,1-4H3. The Labute approximate surface area is 156 Å². The van der Waals surface area contributed by atoms with Gasteiger partial charge in [0, 0.05) is 24.0 Å². The Bertz CT molecular complexity index is 771. The molecule has 2 aromatic rings. The normalized spacial score (nSPS) is 10.3. The monoisotopic (exact) mass is 378 g/mol. The maximum Gasteiger partial charge on any atom is 0.358 e. The van der Waals surface area contributed by atoms with E-state index < -0.39 is 5.97 Å². The number of carbonyl (C=O) groups excluding carboxylic acids is 2. The Morgan fingerprint density at radius 1 is 1.12 bits per heavy atom. The molecule has 0 unspecified atom stereocenters. The van der Waals surface area contributed by atoms with Crippen molar-refractivity contribution in [1.29, 1.82) is 0 Å². The number of methoxy groups -OCH3 is 2. The molecule has 0 aliphatic rings. The van der Waals surface area contributed by atoms with Crippen LogP contribution in [-0.4, -0.2) is 55.7 Å². The Hall–Kier alpha value is -2.61. The van der Waals surface area contributed by atoms with E-state index in [1.54, 1.807) is 36.6 Å². The lowest BCUT2D eigenvalue weighted by molar-refractivity contribution is -0.134. The number of likely N-dealkylation sites (N-methyl/N-ethyl adjacent to an activating group) is 1. The fraction of sp³-hybridized carbons (Fsp3) is 0.389. The van der Waals surface area contributed by atoms with Crippen molar-refractivity contribution in [3.63, 3.8) is 0 Å². The number of aromatic nitrogens is 1. The summed E-state index contributed by atoms with van der Waals surface area (Å²) in [6, 6.07) is 5.40. The molecule has 7 nitrogen and oxygen atoms in total. The molecule has 26 heavy (non-hydrogen) atoms. The lowest BCUT2D eigenvalue weighted by atomic mass is 10.2. The number of thiazole rings is 1. The molecule has 1 heterocycles. The molecule has 1 aromatic heterocycles. The molecule has 1 aromatic carbocycles. The minimum Gasteiger partial charge on any atom is -0.493 e. The number of hydrogen-bond acceptors (Lipinski definition) is 7. The maximum atomic E-state index is 12.1.